The molecule has 1 aromatic carbocycles. The number of carbonyl (C=O) groups excluding carboxylic acids is 1. The highest BCUT2D eigenvalue weighted by Gasteiger charge is 2.41. The molecule has 26 heavy (non-hydrogen) atoms. The first kappa shape index (κ1) is 18.5. The van der Waals surface area contributed by atoms with Gasteiger partial charge >= 0.3 is 6.18 Å². The minimum Gasteiger partial charge on any atom is -0.357 e. The molecule has 1 amide bonds. The van der Waals surface area contributed by atoms with Crippen LogP contribution in [0.5, 0.6) is 0 Å². The van der Waals surface area contributed by atoms with Crippen LogP contribution in [-0.2, 0) is 0 Å². The van der Waals surface area contributed by atoms with Crippen LogP contribution in [-0.4, -0.2) is 30.2 Å². The zero-order valence-corrected chi connectivity index (χ0v) is 14.5. The SMILES string of the molecule is O=C(Nc1ccc(N2CCC(C(F)(F)F)CC2)nc1)c1cccc(Cl)c1. The van der Waals surface area contributed by atoms with E-state index < -0.39 is 12.1 Å². The molecule has 1 aromatic heterocycles. The van der Waals surface area contributed by atoms with Gasteiger partial charge in [-0.1, -0.05) is 17.7 Å². The smallest absolute Gasteiger partial charge is 0.357 e. The third-order valence-corrected chi connectivity index (χ3v) is 4.61. The van der Waals surface area contributed by atoms with E-state index in [1.54, 1.807) is 36.4 Å². The lowest BCUT2D eigenvalue weighted by Gasteiger charge is -2.33. The Hall–Kier alpha value is -2.28. The number of nitrogens with zero attached hydrogens (tertiary/aromatic N) is 2. The number of halogens is 4. The van der Waals surface area contributed by atoms with E-state index in [2.05, 4.69) is 10.3 Å². The average molecular weight is 384 g/mol. The van der Waals surface area contributed by atoms with E-state index in [1.165, 1.54) is 6.20 Å². The highest BCUT2D eigenvalue weighted by atomic mass is 35.5. The van der Waals surface area contributed by atoms with E-state index in [-0.39, 0.29) is 18.7 Å². The number of aromatic nitrogens is 1. The van der Waals surface area contributed by atoms with Gasteiger partial charge in [0.15, 0.2) is 0 Å². The molecule has 2 heterocycles. The average Bonchev–Trinajstić information content (AvgIpc) is 2.62. The van der Waals surface area contributed by atoms with Gasteiger partial charge in [0.25, 0.3) is 5.91 Å². The number of carbonyl (C=O) groups is 1. The van der Waals surface area contributed by atoms with E-state index in [0.717, 1.165) is 0 Å². The van der Waals surface area contributed by atoms with Crippen molar-refractivity contribution in [1.82, 2.24) is 4.98 Å². The Balaban J connectivity index is 1.60. The maximum absolute atomic E-state index is 12.7. The van der Waals surface area contributed by atoms with Gasteiger partial charge < -0.3 is 10.2 Å². The van der Waals surface area contributed by atoms with Crippen LogP contribution in [0.4, 0.5) is 24.7 Å². The molecule has 0 atom stereocenters. The first-order valence-electron chi connectivity index (χ1n) is 8.17. The minimum atomic E-state index is -4.13. The lowest BCUT2D eigenvalue weighted by atomic mass is 9.96. The predicted octanol–water partition coefficient (Wildman–Crippen LogP) is 4.77. The molecular formula is C18H17ClF3N3O. The number of anilines is 2. The van der Waals surface area contributed by atoms with E-state index in [1.807, 2.05) is 4.90 Å². The number of pyridine rings is 1. The number of rotatable bonds is 3. The van der Waals surface area contributed by atoms with Crippen LogP contribution in [0.15, 0.2) is 42.6 Å². The Morgan fingerprint density at radius 2 is 1.92 bits per heavy atom. The lowest BCUT2D eigenvalue weighted by Crippen LogP contribution is -2.39. The summed E-state index contributed by atoms with van der Waals surface area (Å²) in [5, 5.41) is 3.18. The van der Waals surface area contributed by atoms with Crippen LogP contribution in [0.25, 0.3) is 0 Å². The summed E-state index contributed by atoms with van der Waals surface area (Å²) in [6, 6.07) is 9.94. The van der Waals surface area contributed by atoms with Crippen molar-refractivity contribution in [2.24, 2.45) is 5.92 Å². The van der Waals surface area contributed by atoms with Crippen LogP contribution in [0, 0.1) is 5.92 Å². The number of hydrogen-bond acceptors (Lipinski definition) is 3. The standard InChI is InChI=1S/C18H17ClF3N3O/c19-14-3-1-2-12(10-14)17(26)24-15-4-5-16(23-11-15)25-8-6-13(7-9-25)18(20,21)22/h1-5,10-11,13H,6-9H2,(H,24,26). The lowest BCUT2D eigenvalue weighted by molar-refractivity contribution is -0.179. The summed E-state index contributed by atoms with van der Waals surface area (Å²) in [6.45, 7) is 0.622. The molecule has 1 aliphatic heterocycles. The van der Waals surface area contributed by atoms with Gasteiger partial charge in [-0.05, 0) is 43.2 Å². The fraction of sp³-hybridized carbons (Fsp3) is 0.333. The zero-order valence-electron chi connectivity index (χ0n) is 13.8. The molecular weight excluding hydrogens is 367 g/mol. The molecule has 0 bridgehead atoms. The largest absolute Gasteiger partial charge is 0.391 e. The fourth-order valence-electron chi connectivity index (χ4n) is 2.92. The minimum absolute atomic E-state index is 0.0679. The van der Waals surface area contributed by atoms with Gasteiger partial charge in [0.1, 0.15) is 5.82 Å². The first-order chi connectivity index (χ1) is 12.3. The summed E-state index contributed by atoms with van der Waals surface area (Å²) >= 11 is 5.87. The maximum Gasteiger partial charge on any atom is 0.391 e. The number of amides is 1. The molecule has 0 spiro atoms. The summed E-state index contributed by atoms with van der Waals surface area (Å²) in [5.41, 5.74) is 0.930. The predicted molar refractivity (Wildman–Crippen MR) is 94.6 cm³/mol. The number of hydrogen-bond donors (Lipinski definition) is 1. The summed E-state index contributed by atoms with van der Waals surface area (Å²) in [4.78, 5) is 18.3. The molecule has 138 valence electrons. The second kappa shape index (κ2) is 7.53. The van der Waals surface area contributed by atoms with Crippen LogP contribution < -0.4 is 10.2 Å². The van der Waals surface area contributed by atoms with Crippen molar-refractivity contribution >= 4 is 29.0 Å². The number of piperidine rings is 1. The highest BCUT2D eigenvalue weighted by molar-refractivity contribution is 6.31. The van der Waals surface area contributed by atoms with Crippen LogP contribution in [0.2, 0.25) is 5.02 Å². The number of benzene rings is 1. The van der Waals surface area contributed by atoms with Crippen molar-refractivity contribution < 1.29 is 18.0 Å². The second-order valence-electron chi connectivity index (χ2n) is 6.17. The Kier molecular flexibility index (Phi) is 5.36. The van der Waals surface area contributed by atoms with E-state index >= 15 is 0 Å². The van der Waals surface area contributed by atoms with Crippen LogP contribution >= 0.6 is 11.6 Å². The van der Waals surface area contributed by atoms with E-state index in [9.17, 15) is 18.0 Å². The van der Waals surface area contributed by atoms with Crippen molar-refractivity contribution in [3.05, 3.63) is 53.2 Å². The molecule has 1 saturated heterocycles. The number of alkyl halides is 3. The quantitative estimate of drug-likeness (QED) is 0.830. The van der Waals surface area contributed by atoms with E-state index in [0.29, 0.717) is 35.2 Å². The Bertz CT molecular complexity index is 772. The normalized spacial score (nSPS) is 15.8. The summed E-state index contributed by atoms with van der Waals surface area (Å²) < 4.78 is 38.2. The highest BCUT2D eigenvalue weighted by Crippen LogP contribution is 2.35. The Labute approximate surface area is 154 Å². The molecule has 0 saturated carbocycles. The maximum atomic E-state index is 12.7. The van der Waals surface area contributed by atoms with Crippen LogP contribution in [0.1, 0.15) is 23.2 Å². The van der Waals surface area contributed by atoms with Gasteiger partial charge in [-0.25, -0.2) is 4.98 Å². The molecule has 1 N–H and O–H groups in total. The summed E-state index contributed by atoms with van der Waals surface area (Å²) in [7, 11) is 0. The summed E-state index contributed by atoms with van der Waals surface area (Å²) in [6.07, 6.45) is -2.50. The van der Waals surface area contributed by atoms with Gasteiger partial charge in [0, 0.05) is 23.7 Å². The third-order valence-electron chi connectivity index (χ3n) is 4.37. The first-order valence-corrected chi connectivity index (χ1v) is 8.55. The monoisotopic (exact) mass is 383 g/mol. The molecule has 1 fully saturated rings. The topological polar surface area (TPSA) is 45.2 Å². The van der Waals surface area contributed by atoms with E-state index in [4.69, 9.17) is 11.6 Å². The zero-order chi connectivity index (χ0) is 18.7. The Morgan fingerprint density at radius 3 is 2.50 bits per heavy atom. The molecule has 0 aliphatic carbocycles. The molecule has 8 heteroatoms. The molecule has 0 radical (unpaired) electrons. The van der Waals surface area contributed by atoms with Crippen molar-refractivity contribution in [1.29, 1.82) is 0 Å². The number of nitrogens with one attached hydrogen (secondary N) is 1. The van der Waals surface area contributed by atoms with Crippen molar-refractivity contribution in [3.63, 3.8) is 0 Å². The van der Waals surface area contributed by atoms with Gasteiger partial charge in [0.05, 0.1) is 17.8 Å². The van der Waals surface area contributed by atoms with Crippen LogP contribution in [0.3, 0.4) is 0 Å². The van der Waals surface area contributed by atoms with Crippen molar-refractivity contribution in [2.75, 3.05) is 23.3 Å². The fourth-order valence-corrected chi connectivity index (χ4v) is 3.11. The second-order valence-corrected chi connectivity index (χ2v) is 6.61. The van der Waals surface area contributed by atoms with Crippen molar-refractivity contribution in [2.45, 2.75) is 19.0 Å². The molecule has 1 aliphatic rings. The molecule has 4 nitrogen and oxygen atoms in total. The van der Waals surface area contributed by atoms with Crippen molar-refractivity contribution in [3.8, 4) is 0 Å². The van der Waals surface area contributed by atoms with Gasteiger partial charge in [-0.2, -0.15) is 13.2 Å². The van der Waals surface area contributed by atoms with Gasteiger partial charge in [-0.15, -0.1) is 0 Å². The third kappa shape index (κ3) is 4.46. The molecule has 0 unspecified atom stereocenters. The molecule has 2 aromatic rings. The van der Waals surface area contributed by atoms with Gasteiger partial charge in [0.2, 0.25) is 0 Å². The summed E-state index contributed by atoms with van der Waals surface area (Å²) in [5.74, 6) is -0.950. The Morgan fingerprint density at radius 1 is 1.19 bits per heavy atom. The van der Waals surface area contributed by atoms with Gasteiger partial charge in [-0.3, -0.25) is 4.79 Å². The molecule has 3 rings (SSSR count).